The van der Waals surface area contributed by atoms with Gasteiger partial charge in [-0.1, -0.05) is 13.8 Å². The second kappa shape index (κ2) is 7.45. The fourth-order valence-corrected chi connectivity index (χ4v) is 1.71. The predicted molar refractivity (Wildman–Crippen MR) is 70.0 cm³/mol. The third-order valence-electron chi connectivity index (χ3n) is 2.65. The molecule has 0 aliphatic heterocycles. The first-order chi connectivity index (χ1) is 8.13. The molecule has 0 aromatic carbocycles. The van der Waals surface area contributed by atoms with Gasteiger partial charge in [0.2, 0.25) is 0 Å². The van der Waals surface area contributed by atoms with Gasteiger partial charge in [-0.3, -0.25) is 4.68 Å². The Morgan fingerprint density at radius 1 is 1.47 bits per heavy atom. The number of nitrogens with zero attached hydrogens (tertiary/aromatic N) is 2. The molecule has 0 unspecified atom stereocenters. The molecule has 1 heterocycles. The molecule has 0 saturated heterocycles. The van der Waals surface area contributed by atoms with Gasteiger partial charge in [0.15, 0.2) is 0 Å². The Bertz CT molecular complexity index is 320. The molecule has 0 spiro atoms. The van der Waals surface area contributed by atoms with E-state index in [9.17, 15) is 0 Å². The fraction of sp³-hybridized carbons (Fsp3) is 0.769. The van der Waals surface area contributed by atoms with Gasteiger partial charge in [-0.25, -0.2) is 0 Å². The highest BCUT2D eigenvalue weighted by Crippen LogP contribution is 2.06. The number of ether oxygens (including phenoxy) is 1. The minimum atomic E-state index is 0.687. The molecule has 1 N–H and O–H groups in total. The Morgan fingerprint density at radius 3 is 2.88 bits per heavy atom. The van der Waals surface area contributed by atoms with Crippen LogP contribution in [0.5, 0.6) is 0 Å². The zero-order valence-electron chi connectivity index (χ0n) is 11.5. The third-order valence-corrected chi connectivity index (χ3v) is 2.65. The zero-order valence-corrected chi connectivity index (χ0v) is 11.5. The topological polar surface area (TPSA) is 39.1 Å². The quantitative estimate of drug-likeness (QED) is 0.705. The Balaban J connectivity index is 2.39. The number of methoxy groups -OCH3 is 1. The van der Waals surface area contributed by atoms with Crippen LogP contribution in [0.25, 0.3) is 0 Å². The highest BCUT2D eigenvalue weighted by Gasteiger charge is 2.04. The van der Waals surface area contributed by atoms with Crippen LogP contribution in [0.3, 0.4) is 0 Å². The Labute approximate surface area is 104 Å². The summed E-state index contributed by atoms with van der Waals surface area (Å²) in [6, 6.07) is 0. The number of rotatable bonds is 8. The lowest BCUT2D eigenvalue weighted by atomic mass is 10.2. The molecule has 0 saturated carbocycles. The van der Waals surface area contributed by atoms with E-state index in [-0.39, 0.29) is 0 Å². The second-order valence-corrected chi connectivity index (χ2v) is 4.87. The lowest BCUT2D eigenvalue weighted by Gasteiger charge is -2.05. The Hall–Kier alpha value is -0.870. The number of hydrogen-bond acceptors (Lipinski definition) is 3. The molecule has 1 aromatic heterocycles. The molecular weight excluding hydrogens is 214 g/mol. The van der Waals surface area contributed by atoms with Crippen LogP contribution in [0.15, 0.2) is 6.20 Å². The van der Waals surface area contributed by atoms with E-state index in [0.29, 0.717) is 5.92 Å². The van der Waals surface area contributed by atoms with Crippen molar-refractivity contribution in [1.82, 2.24) is 15.1 Å². The van der Waals surface area contributed by atoms with E-state index < -0.39 is 0 Å². The van der Waals surface area contributed by atoms with Gasteiger partial charge in [-0.2, -0.15) is 5.10 Å². The van der Waals surface area contributed by atoms with E-state index in [1.165, 1.54) is 5.56 Å². The summed E-state index contributed by atoms with van der Waals surface area (Å²) in [5.41, 5.74) is 2.42. The standard InChI is InChI=1S/C13H25N3O/c1-11(2)8-14-9-13-10-16(15-12(13)3)6-5-7-17-4/h10-11,14H,5-9H2,1-4H3. The summed E-state index contributed by atoms with van der Waals surface area (Å²) in [4.78, 5) is 0. The molecular formula is C13H25N3O. The van der Waals surface area contributed by atoms with E-state index >= 15 is 0 Å². The van der Waals surface area contributed by atoms with Gasteiger partial charge in [-0.05, 0) is 25.8 Å². The first kappa shape index (κ1) is 14.2. The maximum atomic E-state index is 5.04. The van der Waals surface area contributed by atoms with Gasteiger partial charge in [-0.15, -0.1) is 0 Å². The summed E-state index contributed by atoms with van der Waals surface area (Å²) in [6.45, 7) is 10.2. The van der Waals surface area contributed by atoms with Crippen LogP contribution in [0.2, 0.25) is 0 Å². The average molecular weight is 239 g/mol. The summed E-state index contributed by atoms with van der Waals surface area (Å²) in [6.07, 6.45) is 3.15. The fourth-order valence-electron chi connectivity index (χ4n) is 1.71. The van der Waals surface area contributed by atoms with E-state index in [1.807, 2.05) is 4.68 Å². The van der Waals surface area contributed by atoms with E-state index in [1.54, 1.807) is 7.11 Å². The van der Waals surface area contributed by atoms with Gasteiger partial charge in [0, 0.05) is 38.6 Å². The molecule has 0 fully saturated rings. The smallest absolute Gasteiger partial charge is 0.0638 e. The minimum absolute atomic E-state index is 0.687. The SMILES string of the molecule is COCCCn1cc(CNCC(C)C)c(C)n1. The molecule has 17 heavy (non-hydrogen) atoms. The number of hydrogen-bond donors (Lipinski definition) is 1. The van der Waals surface area contributed by atoms with Crippen LogP contribution in [0.1, 0.15) is 31.5 Å². The lowest BCUT2D eigenvalue weighted by molar-refractivity contribution is 0.189. The normalized spacial score (nSPS) is 11.4. The molecule has 4 nitrogen and oxygen atoms in total. The summed E-state index contributed by atoms with van der Waals surface area (Å²) >= 11 is 0. The predicted octanol–water partition coefficient (Wildman–Crippen LogP) is 1.97. The van der Waals surface area contributed by atoms with Crippen molar-refractivity contribution in [3.8, 4) is 0 Å². The first-order valence-corrected chi connectivity index (χ1v) is 6.36. The summed E-state index contributed by atoms with van der Waals surface area (Å²) in [7, 11) is 1.73. The van der Waals surface area contributed by atoms with Crippen molar-refractivity contribution >= 4 is 0 Å². The van der Waals surface area contributed by atoms with Crippen molar-refractivity contribution in [2.24, 2.45) is 5.92 Å². The largest absolute Gasteiger partial charge is 0.385 e. The van der Waals surface area contributed by atoms with Gasteiger partial charge >= 0.3 is 0 Å². The minimum Gasteiger partial charge on any atom is -0.385 e. The van der Waals surface area contributed by atoms with Crippen molar-refractivity contribution in [2.75, 3.05) is 20.3 Å². The van der Waals surface area contributed by atoms with E-state index in [2.05, 4.69) is 37.4 Å². The van der Waals surface area contributed by atoms with Crippen LogP contribution in [0, 0.1) is 12.8 Å². The molecule has 0 radical (unpaired) electrons. The van der Waals surface area contributed by atoms with Gasteiger partial charge in [0.1, 0.15) is 0 Å². The van der Waals surface area contributed by atoms with Gasteiger partial charge < -0.3 is 10.1 Å². The molecule has 0 aliphatic carbocycles. The van der Waals surface area contributed by atoms with E-state index in [4.69, 9.17) is 4.74 Å². The molecule has 0 aliphatic rings. The van der Waals surface area contributed by atoms with Crippen molar-refractivity contribution < 1.29 is 4.74 Å². The van der Waals surface area contributed by atoms with Crippen molar-refractivity contribution in [1.29, 1.82) is 0 Å². The van der Waals surface area contributed by atoms with Crippen LogP contribution in [0.4, 0.5) is 0 Å². The molecule has 0 amide bonds. The van der Waals surface area contributed by atoms with Gasteiger partial charge in [0.05, 0.1) is 5.69 Å². The average Bonchev–Trinajstić information content (AvgIpc) is 2.60. The molecule has 0 atom stereocenters. The molecule has 0 bridgehead atoms. The maximum absolute atomic E-state index is 5.04. The van der Waals surface area contributed by atoms with Crippen molar-refractivity contribution in [3.05, 3.63) is 17.5 Å². The molecule has 4 heteroatoms. The van der Waals surface area contributed by atoms with Crippen LogP contribution in [-0.4, -0.2) is 30.0 Å². The number of aromatic nitrogens is 2. The van der Waals surface area contributed by atoms with Crippen molar-refractivity contribution in [3.63, 3.8) is 0 Å². The third kappa shape index (κ3) is 5.33. The second-order valence-electron chi connectivity index (χ2n) is 4.87. The summed E-state index contributed by atoms with van der Waals surface area (Å²) in [5.74, 6) is 0.687. The monoisotopic (exact) mass is 239 g/mol. The summed E-state index contributed by atoms with van der Waals surface area (Å²) in [5, 5.41) is 7.95. The highest BCUT2D eigenvalue weighted by molar-refractivity contribution is 5.14. The highest BCUT2D eigenvalue weighted by atomic mass is 16.5. The number of aryl methyl sites for hydroxylation is 2. The van der Waals surface area contributed by atoms with Crippen LogP contribution < -0.4 is 5.32 Å². The van der Waals surface area contributed by atoms with Crippen LogP contribution >= 0.6 is 0 Å². The zero-order chi connectivity index (χ0) is 12.7. The Kier molecular flexibility index (Phi) is 6.22. The molecule has 1 aromatic rings. The Morgan fingerprint density at radius 2 is 2.24 bits per heavy atom. The van der Waals surface area contributed by atoms with Crippen LogP contribution in [-0.2, 0) is 17.8 Å². The molecule has 1 rings (SSSR count). The molecule has 98 valence electrons. The van der Waals surface area contributed by atoms with Gasteiger partial charge in [0.25, 0.3) is 0 Å². The maximum Gasteiger partial charge on any atom is 0.0638 e. The number of nitrogens with one attached hydrogen (secondary N) is 1. The summed E-state index contributed by atoms with van der Waals surface area (Å²) < 4.78 is 7.05. The van der Waals surface area contributed by atoms with E-state index in [0.717, 1.165) is 38.4 Å². The lowest BCUT2D eigenvalue weighted by Crippen LogP contribution is -2.19. The first-order valence-electron chi connectivity index (χ1n) is 6.36. The van der Waals surface area contributed by atoms with Crippen molar-refractivity contribution in [2.45, 2.75) is 40.3 Å².